The Morgan fingerprint density at radius 1 is 0.271 bits per heavy atom. The molecule has 0 saturated carbocycles. The summed E-state index contributed by atoms with van der Waals surface area (Å²) in [7, 11) is 0. The van der Waals surface area contributed by atoms with Gasteiger partial charge >= 0.3 is 0 Å². The lowest BCUT2D eigenvalue weighted by atomic mass is 9.66. The molecule has 0 aromatic heterocycles. The number of fused-ring (bicyclic) bond motifs is 18. The van der Waals surface area contributed by atoms with Gasteiger partial charge in [-0.15, -0.1) is 0 Å². The third kappa shape index (κ3) is 4.06. The Kier molecular flexibility index (Phi) is 6.58. The smallest absolute Gasteiger partial charge is 0.132 e. The van der Waals surface area contributed by atoms with Crippen LogP contribution in [0.1, 0.15) is 44.5 Å². The second-order valence-electron chi connectivity index (χ2n) is 15.9. The lowest BCUT2D eigenvalue weighted by molar-refractivity contribution is 0.436. The lowest BCUT2D eigenvalue weighted by Gasteiger charge is -2.40. The zero-order valence-corrected chi connectivity index (χ0v) is 32.0. The van der Waals surface area contributed by atoms with E-state index in [0.717, 1.165) is 62.3 Å². The molecule has 0 N–H and O–H groups in total. The Bertz CT molecular complexity index is 2910. The van der Waals surface area contributed by atoms with E-state index in [0.29, 0.717) is 0 Å². The third-order valence-electron chi connectivity index (χ3n) is 13.2. The molecule has 4 aliphatic rings. The number of hydrogen-bond acceptors (Lipinski definition) is 3. The van der Waals surface area contributed by atoms with E-state index in [4.69, 9.17) is 9.47 Å². The molecule has 59 heavy (non-hydrogen) atoms. The molecule has 9 aromatic carbocycles. The van der Waals surface area contributed by atoms with E-state index in [9.17, 15) is 0 Å². The maximum Gasteiger partial charge on any atom is 0.132 e. The predicted molar refractivity (Wildman–Crippen MR) is 236 cm³/mol. The number of hydrogen-bond donors (Lipinski definition) is 0. The van der Waals surface area contributed by atoms with E-state index >= 15 is 0 Å². The molecule has 13 rings (SSSR count). The molecule has 0 amide bonds. The molecule has 9 aromatic rings. The summed E-state index contributed by atoms with van der Waals surface area (Å²) in [5.74, 6) is 3.55. The van der Waals surface area contributed by atoms with Gasteiger partial charge in [0.25, 0.3) is 0 Å². The maximum absolute atomic E-state index is 6.68. The molecular weight excluding hydrogens is 719 g/mol. The van der Waals surface area contributed by atoms with Crippen LogP contribution in [-0.4, -0.2) is 0 Å². The highest BCUT2D eigenvalue weighted by molar-refractivity contribution is 6.03. The van der Waals surface area contributed by atoms with Gasteiger partial charge in [-0.2, -0.15) is 0 Å². The van der Waals surface area contributed by atoms with Crippen LogP contribution in [-0.2, 0) is 10.8 Å². The summed E-state index contributed by atoms with van der Waals surface area (Å²) in [6, 6.07) is 77.0. The monoisotopic (exact) mass is 753 g/mol. The molecule has 2 aliphatic heterocycles. The largest absolute Gasteiger partial charge is 0.457 e. The van der Waals surface area contributed by atoms with Crippen molar-refractivity contribution in [1.82, 2.24) is 0 Å². The average molecular weight is 754 g/mol. The topological polar surface area (TPSA) is 21.7 Å². The van der Waals surface area contributed by atoms with Gasteiger partial charge in [-0.3, -0.25) is 0 Å². The predicted octanol–water partition coefficient (Wildman–Crippen LogP) is 14.1. The van der Waals surface area contributed by atoms with Gasteiger partial charge in [-0.05, 0) is 81.9 Å². The number of rotatable bonds is 3. The second kappa shape index (κ2) is 12.0. The molecule has 2 heterocycles. The van der Waals surface area contributed by atoms with E-state index in [1.807, 2.05) is 0 Å². The molecule has 0 fully saturated rings. The Morgan fingerprint density at radius 2 is 0.593 bits per heavy atom. The van der Waals surface area contributed by atoms with Gasteiger partial charge < -0.3 is 14.4 Å². The summed E-state index contributed by atoms with van der Waals surface area (Å²) < 4.78 is 13.4. The average Bonchev–Trinajstić information content (AvgIpc) is 3.76. The summed E-state index contributed by atoms with van der Waals surface area (Å²) in [4.78, 5) is 2.51. The standard InChI is InChI=1S/C56H35NO2/c1-2-18-36(19-3-1)57(47-30-16-28-45-53(47)37-20-4-6-22-39(37)55(45)41-24-8-12-32-49(41)58-50-33-13-9-25-42(50)55)48-31-17-29-46-54(48)38-21-5-7-23-40(38)56(46)43-26-10-14-34-51(43)59-52-35-15-11-27-44(52)56/h1-35H. The molecule has 0 atom stereocenters. The van der Waals surface area contributed by atoms with E-state index in [1.54, 1.807) is 0 Å². The van der Waals surface area contributed by atoms with E-state index in [1.165, 1.54) is 44.5 Å². The van der Waals surface area contributed by atoms with Crippen molar-refractivity contribution >= 4 is 17.1 Å². The highest BCUT2D eigenvalue weighted by atomic mass is 16.5. The van der Waals surface area contributed by atoms with Crippen LogP contribution in [0.2, 0.25) is 0 Å². The summed E-state index contributed by atoms with van der Waals surface area (Å²) in [6.45, 7) is 0. The van der Waals surface area contributed by atoms with Crippen molar-refractivity contribution in [2.75, 3.05) is 4.90 Å². The van der Waals surface area contributed by atoms with Crippen LogP contribution in [0.4, 0.5) is 17.1 Å². The van der Waals surface area contributed by atoms with Gasteiger partial charge in [0.2, 0.25) is 0 Å². The molecule has 2 aliphatic carbocycles. The summed E-state index contributed by atoms with van der Waals surface area (Å²) >= 11 is 0. The number of nitrogens with zero attached hydrogens (tertiary/aromatic N) is 1. The van der Waals surface area contributed by atoms with Crippen molar-refractivity contribution in [3.63, 3.8) is 0 Å². The van der Waals surface area contributed by atoms with Crippen LogP contribution < -0.4 is 14.4 Å². The van der Waals surface area contributed by atoms with Crippen LogP contribution in [0.25, 0.3) is 22.3 Å². The molecule has 0 unspecified atom stereocenters. The molecule has 3 heteroatoms. The number of ether oxygens (including phenoxy) is 2. The highest BCUT2D eigenvalue weighted by Gasteiger charge is 2.54. The van der Waals surface area contributed by atoms with Gasteiger partial charge in [0.1, 0.15) is 23.0 Å². The minimum atomic E-state index is -0.583. The van der Waals surface area contributed by atoms with Crippen molar-refractivity contribution in [2.45, 2.75) is 10.8 Å². The number of anilines is 3. The fourth-order valence-electron chi connectivity index (χ4n) is 11.1. The van der Waals surface area contributed by atoms with Crippen molar-refractivity contribution in [3.8, 4) is 45.3 Å². The zero-order valence-electron chi connectivity index (χ0n) is 32.0. The van der Waals surface area contributed by atoms with Gasteiger partial charge in [-0.25, -0.2) is 0 Å². The molecule has 0 saturated heterocycles. The molecule has 0 bridgehead atoms. The normalized spacial score (nSPS) is 14.6. The minimum absolute atomic E-state index is 0.583. The molecular formula is C56H35NO2. The first kappa shape index (κ1) is 32.5. The maximum atomic E-state index is 6.68. The summed E-state index contributed by atoms with van der Waals surface area (Å²) in [6.07, 6.45) is 0. The van der Waals surface area contributed by atoms with Gasteiger partial charge in [-0.1, -0.05) is 164 Å². The first-order valence-electron chi connectivity index (χ1n) is 20.4. The Labute approximate surface area is 343 Å². The van der Waals surface area contributed by atoms with Crippen molar-refractivity contribution in [2.24, 2.45) is 0 Å². The molecule has 3 nitrogen and oxygen atoms in total. The first-order valence-corrected chi connectivity index (χ1v) is 20.4. The van der Waals surface area contributed by atoms with E-state index in [2.05, 4.69) is 217 Å². The fourth-order valence-corrected chi connectivity index (χ4v) is 11.1. The zero-order chi connectivity index (χ0) is 38.7. The number of para-hydroxylation sites is 5. The minimum Gasteiger partial charge on any atom is -0.457 e. The van der Waals surface area contributed by atoms with Gasteiger partial charge in [0.15, 0.2) is 0 Å². The SMILES string of the molecule is c1ccc(N(c2cccc3c2-c2ccccc2C32c3ccccc3Oc3ccccc32)c2cccc3c2-c2ccccc2C32c3ccccc3Oc3ccccc32)cc1. The first-order chi connectivity index (χ1) is 29.3. The number of benzene rings is 9. The van der Waals surface area contributed by atoms with Crippen LogP contribution in [0.3, 0.4) is 0 Å². The van der Waals surface area contributed by atoms with Crippen LogP contribution >= 0.6 is 0 Å². The molecule has 2 spiro atoms. The van der Waals surface area contributed by atoms with Crippen molar-refractivity contribution < 1.29 is 9.47 Å². The van der Waals surface area contributed by atoms with Gasteiger partial charge in [0.05, 0.1) is 22.2 Å². The van der Waals surface area contributed by atoms with Gasteiger partial charge in [0, 0.05) is 39.1 Å². The third-order valence-corrected chi connectivity index (χ3v) is 13.2. The summed E-state index contributed by atoms with van der Waals surface area (Å²) in [5, 5.41) is 0. The van der Waals surface area contributed by atoms with Crippen molar-refractivity contribution in [3.05, 3.63) is 257 Å². The Hall–Kier alpha value is -7.62. The molecule has 276 valence electrons. The van der Waals surface area contributed by atoms with Crippen LogP contribution in [0.15, 0.2) is 212 Å². The van der Waals surface area contributed by atoms with Crippen molar-refractivity contribution in [1.29, 1.82) is 0 Å². The Balaban J connectivity index is 1.14. The van der Waals surface area contributed by atoms with Crippen LogP contribution in [0, 0.1) is 0 Å². The quantitative estimate of drug-likeness (QED) is 0.179. The summed E-state index contributed by atoms with van der Waals surface area (Å²) in [5.41, 5.74) is 16.7. The fraction of sp³-hybridized carbons (Fsp3) is 0.0357. The molecule has 0 radical (unpaired) electrons. The van der Waals surface area contributed by atoms with Crippen LogP contribution in [0.5, 0.6) is 23.0 Å². The van der Waals surface area contributed by atoms with E-state index < -0.39 is 10.8 Å². The highest BCUT2D eigenvalue weighted by Crippen LogP contribution is 2.67. The lowest BCUT2D eigenvalue weighted by Crippen LogP contribution is -2.32. The Morgan fingerprint density at radius 3 is 1.00 bits per heavy atom. The second-order valence-corrected chi connectivity index (χ2v) is 15.9. The van der Waals surface area contributed by atoms with E-state index in [-0.39, 0.29) is 0 Å².